The first kappa shape index (κ1) is 180. The first-order valence-electron chi connectivity index (χ1n) is 44.2. The molecule has 21 N–H and O–H groups in total. The zero-order valence-electron chi connectivity index (χ0n) is 87.7. The van der Waals surface area contributed by atoms with Gasteiger partial charge < -0.3 is 150 Å². The molecule has 5 fully saturated rings. The maximum absolute atomic E-state index is 11.1. The van der Waals surface area contributed by atoms with Crippen LogP contribution in [0.5, 0.6) is 0 Å². The van der Waals surface area contributed by atoms with E-state index in [1.807, 2.05) is 0 Å². The van der Waals surface area contributed by atoms with Crippen molar-refractivity contribution in [3.05, 3.63) is 63.3 Å². The Morgan fingerprint density at radius 3 is 0.437 bits per heavy atom. The van der Waals surface area contributed by atoms with E-state index in [9.17, 15) is 47.9 Å². The molecular weight excluding hydrogens is 2860 g/mol. The molecule has 0 amide bonds. The van der Waals surface area contributed by atoms with Crippen LogP contribution < -0.4 is 0 Å². The van der Waals surface area contributed by atoms with Gasteiger partial charge >= 0.3 is 211 Å². The second-order valence-corrected chi connectivity index (χ2v) is 46.1. The van der Waals surface area contributed by atoms with Gasteiger partial charge in [0.2, 0.25) is 0 Å². The summed E-state index contributed by atoms with van der Waals surface area (Å²) in [5.41, 5.74) is 33.2. The summed E-state index contributed by atoms with van der Waals surface area (Å²) in [7, 11) is 20.7. The number of aliphatic carboxylic acids is 13. The normalized spacial score (nSPS) is 18.1. The smallest absolute Gasteiger partial charge is 2.00 e. The Morgan fingerprint density at radius 2 is 0.373 bits per heavy atom. The molecule has 0 bridgehead atoms. The Morgan fingerprint density at radius 1 is 0.268 bits per heavy atom. The van der Waals surface area contributed by atoms with Crippen LogP contribution in [0.25, 0.3) is 28.7 Å². The molecule has 0 aliphatic heterocycles. The molecule has 48 heteroatoms. The molecule has 0 aromatic carbocycles. The first-order valence-corrected chi connectivity index (χ1v) is 55.5. The van der Waals surface area contributed by atoms with Crippen LogP contribution in [0.2, 0.25) is 0 Å². The number of carbonyl (C=O) groups excluding carboxylic acids is 4. The van der Waals surface area contributed by atoms with E-state index in [4.69, 9.17) is 182 Å². The molecule has 0 heterocycles. The maximum Gasteiger partial charge on any atom is 2.00 e. The number of aliphatic hydroxyl groups is 3. The third-order valence-electron chi connectivity index (χ3n) is 16.4. The van der Waals surface area contributed by atoms with Gasteiger partial charge in [0.25, 0.3) is 5.97 Å². The molecule has 5 aliphatic rings. The number of rotatable bonds is 12. The predicted octanol–water partition coefficient (Wildman–Crippen LogP) is 21.4. The largest absolute Gasteiger partial charge is 2.00 e. The van der Waals surface area contributed by atoms with Crippen molar-refractivity contribution >= 4 is 139 Å². The number of carboxylic acids is 13. The van der Waals surface area contributed by atoms with Crippen molar-refractivity contribution in [1.82, 2.24) is 0 Å². The summed E-state index contributed by atoms with van der Waals surface area (Å²) in [5.74, 6) is -15.4. The number of ketones is 3. The van der Waals surface area contributed by atoms with Gasteiger partial charge in [0.1, 0.15) is 17.3 Å². The molecule has 39 nitrogen and oxygen atoms in total. The monoisotopic (exact) mass is 3030 g/mol. The number of hydrogen-bond acceptors (Lipinski definition) is 21. The minimum Gasteiger partial charge on any atom is 2.00 e. The topological polar surface area (TPSA) is 742 Å². The molecule has 0 aromatic rings. The van der Waals surface area contributed by atoms with Crippen molar-refractivity contribution in [2.24, 2.45) is 56.7 Å². The third-order valence-corrected chi connectivity index (χ3v) is 16.4. The van der Waals surface area contributed by atoms with Crippen LogP contribution in [-0.4, -0.2) is 237 Å². The molecule has 0 spiro atoms. The minimum atomic E-state index is -1.82. The fourth-order valence-corrected chi connectivity index (χ4v) is 8.14. The zero-order chi connectivity index (χ0) is 115. The Hall–Kier alpha value is -4.13. The number of carbonyl (C=O) groups is 17. The summed E-state index contributed by atoms with van der Waals surface area (Å²) >= 11 is -0.944. The van der Waals surface area contributed by atoms with E-state index in [1.165, 1.54) is 103 Å². The Bertz CT molecular complexity index is 2880. The SMILES string of the molecule is CC(=O)O.CC(C)(C)C(=O)CCC(=O)O.CC(C)(C)C(=O)CCC(=O)O.CC(C)(C)C(=O)CCC(=O)O.CC(C)(C)C(=O)O.CC(C)(C)C(=O)O.CC(C)(C)O.CC(C)(C)O.CC(C)(C)O.COC(=O)CCC(=O)O.O=C(O)C(=O)O.O=C(O)C(=O)O.O=C(O)C(=O)O.[CH2-][C@@H]1CCCC[C@H]1[NH-].[CH2-][C@@H]1CCCC[C@H]1[NH-].[CH2-][C@@H]1CCCC[C@H]1[NH-].[CH2-][C@@H]1CCCC[C@H]1[NH-].[CH2-][C@@H]1CCCC[C@H]1[NH-].[Cl][Pt+2][Cl].[Cl][Pt+2][Cl].[Pt+2].[Pt+2].[Pt+2]. The van der Waals surface area contributed by atoms with Crippen molar-refractivity contribution < 1.29 is 264 Å². The Labute approximate surface area is 921 Å². The van der Waals surface area contributed by atoms with Gasteiger partial charge in [-0.2, -0.15) is 59.8 Å². The molecular formula is C94H175Cl4N5O34Pt5. The number of Topliss-reactive ketones (excluding diaryl/α,β-unsaturated/α-hetero) is 3. The van der Waals surface area contributed by atoms with E-state index >= 15 is 0 Å². The molecule has 5 aliphatic carbocycles. The van der Waals surface area contributed by atoms with Gasteiger partial charge in [-0.3, -0.25) is 52.7 Å². The van der Waals surface area contributed by atoms with E-state index in [-0.39, 0.29) is 162 Å². The Balaban J connectivity index is -0.0000000717. The molecule has 0 saturated heterocycles. The number of nitrogens with one attached hydrogen (secondary N) is 5. The second-order valence-electron chi connectivity index (χ2n) is 39.5. The van der Waals surface area contributed by atoms with Gasteiger partial charge in [0, 0.05) is 42.4 Å². The van der Waals surface area contributed by atoms with Crippen molar-refractivity contribution in [3.8, 4) is 0 Å². The van der Waals surface area contributed by atoms with E-state index < -0.39 is 160 Å². The van der Waals surface area contributed by atoms with Crippen LogP contribution >= 0.6 is 37.7 Å². The van der Waals surface area contributed by atoms with Crippen LogP contribution in [0, 0.1) is 91.3 Å². The van der Waals surface area contributed by atoms with Crippen LogP contribution in [0.1, 0.15) is 353 Å². The van der Waals surface area contributed by atoms with Gasteiger partial charge in [-0.25, -0.2) is 28.8 Å². The van der Waals surface area contributed by atoms with E-state index in [0.717, 1.165) is 39.0 Å². The molecule has 0 radical (unpaired) electrons. The summed E-state index contributed by atoms with van der Waals surface area (Å²) in [6.07, 6.45) is 24.0. The van der Waals surface area contributed by atoms with E-state index in [1.54, 1.807) is 166 Å². The Kier molecular flexibility index (Phi) is 132. The average Bonchev–Trinajstić information content (AvgIpc) is 0.911. The predicted molar refractivity (Wildman–Crippen MR) is 533 cm³/mol. The number of halogens is 4. The van der Waals surface area contributed by atoms with Crippen molar-refractivity contribution in [2.45, 2.75) is 400 Å². The number of esters is 1. The van der Waals surface area contributed by atoms with Gasteiger partial charge in [0.05, 0.1) is 66.8 Å². The van der Waals surface area contributed by atoms with Crippen molar-refractivity contribution in [2.75, 3.05) is 7.11 Å². The fourth-order valence-electron chi connectivity index (χ4n) is 8.14. The van der Waals surface area contributed by atoms with Crippen LogP contribution in [0.4, 0.5) is 0 Å². The number of hydrogen-bond donors (Lipinski definition) is 16. The standard InChI is InChI=1S/3C8H14O3.5C7H13N.C5H8O4.2C5H10O2.3C4H10O.3C2H2O4.C2H4O2.4ClH.5Pt/c3*1-8(2,3)6(9)4-5-7(10)11;5*1-6-4-2-3-5-7(6)8;1-9-5(8)3-2-4(6)7;2*1-5(2,3)4(6)7;3*1-4(2,3)5;3*3-1(4)2(5)6;1-2(3)4;;;;;;;;;/h3*4-5H2,1-3H3,(H,10,11);5*6-8H,1-5H2;2-3H2,1H3,(H,6,7);2*1-3H3,(H,6,7);3*5H,1-3H3;3*(H,3,4)(H,5,6);1H3,(H,3,4);4*1H;;;;;/q;;;5*-2;;;;;;;;;;;;;;;3*+2;2*+4/p-4/t;;;5*6-,7-;;;;;;;;;;;;;;;;;;;/m...11111.................../s1. The average molecular weight is 3040 g/mol. The fraction of sp³-hybridized carbons (Fsp3) is 0.766. The minimum absolute atomic E-state index is 0. The second kappa shape index (κ2) is 104. The number of carboxylic acid groups (broad SMARTS) is 13. The van der Waals surface area contributed by atoms with E-state index in [2.05, 4.69) is 39.4 Å². The van der Waals surface area contributed by atoms with Crippen molar-refractivity contribution in [3.63, 3.8) is 0 Å². The summed E-state index contributed by atoms with van der Waals surface area (Å²) < 4.78 is 4.20. The van der Waals surface area contributed by atoms with Crippen molar-refractivity contribution in [1.29, 1.82) is 0 Å². The summed E-state index contributed by atoms with van der Waals surface area (Å²) in [5, 5.41) is 127. The summed E-state index contributed by atoms with van der Waals surface area (Å²) in [4.78, 5) is 167. The first-order chi connectivity index (χ1) is 62.1. The van der Waals surface area contributed by atoms with Gasteiger partial charge in [-0.05, 0) is 104 Å². The summed E-state index contributed by atoms with van der Waals surface area (Å²) in [6, 6.07) is 0.712. The van der Waals surface area contributed by atoms with Gasteiger partial charge in [-0.1, -0.05) is 191 Å². The van der Waals surface area contributed by atoms with Gasteiger partial charge in [-0.15, -0.1) is 0 Å². The summed E-state index contributed by atoms with van der Waals surface area (Å²) in [6.45, 7) is 62.3. The van der Waals surface area contributed by atoms with Crippen LogP contribution in [-0.2, 0) is 182 Å². The number of methoxy groups -OCH3 is 1. The van der Waals surface area contributed by atoms with E-state index in [0.29, 0.717) is 29.6 Å². The molecule has 0 unspecified atom stereocenters. The number of ether oxygens (including phenoxy) is 1. The maximum atomic E-state index is 11.1. The molecule has 5 saturated carbocycles. The molecule has 858 valence electrons. The quantitative estimate of drug-likeness (QED) is 0.0490. The molecule has 142 heavy (non-hydrogen) atoms. The van der Waals surface area contributed by atoms with Gasteiger partial charge in [0.15, 0.2) is 0 Å². The van der Waals surface area contributed by atoms with Crippen LogP contribution in [0.15, 0.2) is 0 Å². The molecule has 0 aromatic heterocycles. The molecule has 5 rings (SSSR count). The zero-order valence-corrected chi connectivity index (χ0v) is 102. The van der Waals surface area contributed by atoms with Crippen LogP contribution in [0.3, 0.4) is 0 Å². The molecule has 10 atom stereocenters. The third kappa shape index (κ3) is 187.